The Hall–Kier alpha value is -1.92. The van der Waals surface area contributed by atoms with Crippen LogP contribution < -0.4 is 5.32 Å². The minimum atomic E-state index is -0.0418. The van der Waals surface area contributed by atoms with Crippen molar-refractivity contribution < 1.29 is 4.79 Å². The zero-order chi connectivity index (χ0) is 18.3. The smallest absolute Gasteiger partial charge is 0.272 e. The van der Waals surface area contributed by atoms with Crippen LogP contribution in [0, 0.1) is 0 Å². The molecule has 6 nitrogen and oxygen atoms in total. The number of likely N-dealkylation sites (tertiary alicyclic amines) is 1. The van der Waals surface area contributed by atoms with E-state index >= 15 is 0 Å². The van der Waals surface area contributed by atoms with E-state index in [9.17, 15) is 4.79 Å². The van der Waals surface area contributed by atoms with E-state index in [1.54, 1.807) is 4.68 Å². The summed E-state index contributed by atoms with van der Waals surface area (Å²) in [7, 11) is 4.13. The molecule has 1 amide bonds. The average molecular weight is 355 g/mol. The zero-order valence-corrected chi connectivity index (χ0v) is 16.0. The van der Waals surface area contributed by atoms with E-state index in [2.05, 4.69) is 34.2 Å². The summed E-state index contributed by atoms with van der Waals surface area (Å²) in [4.78, 5) is 18.0. The molecule has 2 bridgehead atoms. The number of nitrogens with one attached hydrogen (secondary N) is 1. The molecule has 0 radical (unpaired) electrons. The number of rotatable bonds is 4. The van der Waals surface area contributed by atoms with E-state index < -0.39 is 0 Å². The highest BCUT2D eigenvalue weighted by atomic mass is 16.2. The van der Waals surface area contributed by atoms with E-state index in [-0.39, 0.29) is 11.9 Å². The molecule has 0 saturated carbocycles. The molecule has 140 valence electrons. The number of hydrogen-bond donors (Lipinski definition) is 1. The maximum absolute atomic E-state index is 12.9. The zero-order valence-electron chi connectivity index (χ0n) is 16.0. The van der Waals surface area contributed by atoms with Crippen molar-refractivity contribution in [1.82, 2.24) is 24.9 Å². The number of carbonyl (C=O) groups is 1. The Morgan fingerprint density at radius 2 is 1.88 bits per heavy atom. The molecule has 4 rings (SSSR count). The summed E-state index contributed by atoms with van der Waals surface area (Å²) in [6.45, 7) is 5.64. The van der Waals surface area contributed by atoms with Gasteiger partial charge in [0.2, 0.25) is 0 Å². The third-order valence-corrected chi connectivity index (χ3v) is 6.05. The van der Waals surface area contributed by atoms with Gasteiger partial charge in [0.15, 0.2) is 5.69 Å². The number of piperazine rings is 1. The topological polar surface area (TPSA) is 53.4 Å². The monoisotopic (exact) mass is 355 g/mol. The molecule has 2 saturated heterocycles. The number of benzene rings is 1. The van der Waals surface area contributed by atoms with Crippen molar-refractivity contribution in [3.05, 3.63) is 30.0 Å². The minimum Gasteiger partial charge on any atom is -0.348 e. The maximum Gasteiger partial charge on any atom is 0.272 e. The summed E-state index contributed by atoms with van der Waals surface area (Å²) >= 11 is 0. The number of aromatic nitrogens is 2. The first-order valence-corrected chi connectivity index (χ1v) is 9.73. The van der Waals surface area contributed by atoms with Gasteiger partial charge in [0.25, 0.3) is 5.91 Å². The molecule has 2 fully saturated rings. The fraction of sp³-hybridized carbons (Fsp3) is 0.600. The van der Waals surface area contributed by atoms with Gasteiger partial charge in [-0.25, -0.2) is 0 Å². The molecule has 3 heterocycles. The first kappa shape index (κ1) is 17.5. The van der Waals surface area contributed by atoms with Crippen LogP contribution in [0.2, 0.25) is 0 Å². The molecule has 1 aromatic carbocycles. The Balaban J connectivity index is 1.47. The van der Waals surface area contributed by atoms with Crippen LogP contribution in [-0.4, -0.2) is 70.3 Å². The van der Waals surface area contributed by atoms with Crippen molar-refractivity contribution in [2.24, 2.45) is 7.05 Å². The quantitative estimate of drug-likeness (QED) is 0.910. The SMILES string of the molecule is CCCN1CC2CC(NC(=O)c3nn(C)c4ccccc34)CC(C1)N2C. The number of fused-ring (bicyclic) bond motifs is 3. The molecule has 2 unspecified atom stereocenters. The predicted octanol–water partition coefficient (Wildman–Crippen LogP) is 1.86. The van der Waals surface area contributed by atoms with Crippen molar-refractivity contribution in [1.29, 1.82) is 0 Å². The Morgan fingerprint density at radius 3 is 2.58 bits per heavy atom. The average Bonchev–Trinajstić information content (AvgIpc) is 2.94. The number of nitrogens with zero attached hydrogens (tertiary/aromatic N) is 4. The molecule has 1 aromatic heterocycles. The van der Waals surface area contributed by atoms with E-state index in [0.717, 1.165) is 36.8 Å². The van der Waals surface area contributed by atoms with Crippen LogP contribution in [-0.2, 0) is 7.05 Å². The second kappa shape index (κ2) is 7.00. The van der Waals surface area contributed by atoms with Gasteiger partial charge in [0.1, 0.15) is 0 Å². The van der Waals surface area contributed by atoms with Gasteiger partial charge >= 0.3 is 0 Å². The lowest BCUT2D eigenvalue weighted by Gasteiger charge is -2.51. The second-order valence-corrected chi connectivity index (χ2v) is 7.86. The molecule has 0 spiro atoms. The highest BCUT2D eigenvalue weighted by Gasteiger charge is 2.39. The molecule has 2 aliphatic heterocycles. The predicted molar refractivity (Wildman–Crippen MR) is 103 cm³/mol. The highest BCUT2D eigenvalue weighted by molar-refractivity contribution is 6.04. The normalized spacial score (nSPS) is 27.0. The molecule has 2 aromatic rings. The van der Waals surface area contributed by atoms with Crippen LogP contribution in [0.3, 0.4) is 0 Å². The van der Waals surface area contributed by atoms with E-state index in [1.807, 2.05) is 31.3 Å². The summed E-state index contributed by atoms with van der Waals surface area (Å²) in [5.74, 6) is -0.0418. The highest BCUT2D eigenvalue weighted by Crippen LogP contribution is 2.28. The molecule has 1 N–H and O–H groups in total. The Labute approximate surface area is 155 Å². The lowest BCUT2D eigenvalue weighted by atomic mass is 9.88. The van der Waals surface area contributed by atoms with Crippen molar-refractivity contribution in [2.45, 2.75) is 44.3 Å². The van der Waals surface area contributed by atoms with Crippen LogP contribution in [0.15, 0.2) is 24.3 Å². The van der Waals surface area contributed by atoms with Gasteiger partial charge in [-0.15, -0.1) is 0 Å². The third kappa shape index (κ3) is 3.12. The van der Waals surface area contributed by atoms with Crippen molar-refractivity contribution in [3.8, 4) is 0 Å². The van der Waals surface area contributed by atoms with Crippen molar-refractivity contribution >= 4 is 16.8 Å². The number of amides is 1. The van der Waals surface area contributed by atoms with Gasteiger partial charge in [-0.1, -0.05) is 25.1 Å². The van der Waals surface area contributed by atoms with Crippen LogP contribution in [0.25, 0.3) is 10.9 Å². The van der Waals surface area contributed by atoms with E-state index in [0.29, 0.717) is 17.8 Å². The largest absolute Gasteiger partial charge is 0.348 e. The fourth-order valence-corrected chi connectivity index (χ4v) is 4.71. The number of hydrogen-bond acceptors (Lipinski definition) is 4. The van der Waals surface area contributed by atoms with Gasteiger partial charge in [0, 0.05) is 43.6 Å². The molecule has 0 aliphatic carbocycles. The number of carbonyl (C=O) groups excluding carboxylic acids is 1. The fourth-order valence-electron chi connectivity index (χ4n) is 4.71. The van der Waals surface area contributed by atoms with Gasteiger partial charge in [-0.05, 0) is 38.9 Å². The van der Waals surface area contributed by atoms with Crippen LogP contribution >= 0.6 is 0 Å². The Bertz CT molecular complexity index is 785. The lowest BCUT2D eigenvalue weighted by Crippen LogP contribution is -2.63. The van der Waals surface area contributed by atoms with E-state index in [1.165, 1.54) is 13.0 Å². The van der Waals surface area contributed by atoms with E-state index in [4.69, 9.17) is 0 Å². The molecule has 2 atom stereocenters. The molecule has 6 heteroatoms. The maximum atomic E-state index is 12.9. The molecular weight excluding hydrogens is 326 g/mol. The van der Waals surface area contributed by atoms with Crippen molar-refractivity contribution in [3.63, 3.8) is 0 Å². The Kier molecular flexibility index (Phi) is 4.71. The summed E-state index contributed by atoms with van der Waals surface area (Å²) in [5.41, 5.74) is 1.54. The first-order chi connectivity index (χ1) is 12.6. The molecule has 2 aliphatic rings. The van der Waals surface area contributed by atoms with Gasteiger partial charge in [-0.2, -0.15) is 5.10 Å². The Morgan fingerprint density at radius 1 is 1.19 bits per heavy atom. The van der Waals surface area contributed by atoms with Crippen LogP contribution in [0.1, 0.15) is 36.7 Å². The second-order valence-electron chi connectivity index (χ2n) is 7.86. The number of aryl methyl sites for hydroxylation is 1. The molecule has 26 heavy (non-hydrogen) atoms. The number of para-hydroxylation sites is 1. The van der Waals surface area contributed by atoms with Gasteiger partial charge in [0.05, 0.1) is 5.52 Å². The van der Waals surface area contributed by atoms with Gasteiger partial charge in [-0.3, -0.25) is 14.4 Å². The third-order valence-electron chi connectivity index (χ3n) is 6.05. The van der Waals surface area contributed by atoms with Gasteiger partial charge < -0.3 is 10.2 Å². The van der Waals surface area contributed by atoms with Crippen LogP contribution in [0.5, 0.6) is 0 Å². The molecular formula is C20H29N5O. The van der Waals surface area contributed by atoms with Crippen LogP contribution in [0.4, 0.5) is 0 Å². The summed E-state index contributed by atoms with van der Waals surface area (Å²) < 4.78 is 1.79. The first-order valence-electron chi connectivity index (χ1n) is 9.73. The van der Waals surface area contributed by atoms with Crippen molar-refractivity contribution in [2.75, 3.05) is 26.7 Å². The summed E-state index contributed by atoms with van der Waals surface area (Å²) in [6, 6.07) is 9.21. The minimum absolute atomic E-state index is 0.0418. The number of piperidine rings is 1. The number of likely N-dealkylation sites (N-methyl/N-ethyl adjacent to an activating group) is 1. The standard InChI is InChI=1S/C20H29N5O/c1-4-9-25-12-15-10-14(11-16(13-25)23(15)2)21-20(26)19-17-7-5-6-8-18(17)24(3)22-19/h5-8,14-16H,4,9-13H2,1-3H3,(H,21,26). The summed E-state index contributed by atoms with van der Waals surface area (Å²) in [5, 5.41) is 8.67. The summed E-state index contributed by atoms with van der Waals surface area (Å²) in [6.07, 6.45) is 3.24. The lowest BCUT2D eigenvalue weighted by molar-refractivity contribution is -0.00176.